The van der Waals surface area contributed by atoms with Gasteiger partial charge >= 0.3 is 0 Å². The molecule has 0 bridgehead atoms. The number of halogens is 1. The van der Waals surface area contributed by atoms with Crippen molar-refractivity contribution in [2.24, 2.45) is 5.92 Å². The van der Waals surface area contributed by atoms with Crippen molar-refractivity contribution in [1.82, 2.24) is 15.5 Å². The third-order valence-corrected chi connectivity index (χ3v) is 6.94. The largest absolute Gasteiger partial charge is 0.354 e. The van der Waals surface area contributed by atoms with Crippen LogP contribution in [0.25, 0.3) is 0 Å². The van der Waals surface area contributed by atoms with E-state index in [-0.39, 0.29) is 30.3 Å². The number of hydrogen-bond acceptors (Lipinski definition) is 4. The minimum Gasteiger partial charge on any atom is -0.354 e. The first-order valence-corrected chi connectivity index (χ1v) is 11.4. The number of nitrogens with zero attached hydrogens (tertiary/aromatic N) is 1. The van der Waals surface area contributed by atoms with Gasteiger partial charge in [-0.15, -0.1) is 23.7 Å². The molecule has 1 aromatic heterocycles. The van der Waals surface area contributed by atoms with E-state index < -0.39 is 0 Å². The van der Waals surface area contributed by atoms with Crippen LogP contribution < -0.4 is 10.6 Å². The molecule has 2 fully saturated rings. The molecule has 5 nitrogen and oxygen atoms in total. The fraction of sp³-hybridized carbons (Fsp3) is 0.714. The zero-order chi connectivity index (χ0) is 19.2. The summed E-state index contributed by atoms with van der Waals surface area (Å²) in [6.07, 6.45) is 7.26. The fourth-order valence-electron chi connectivity index (χ4n) is 4.16. The molecule has 3 heterocycles. The Bertz CT molecular complexity index is 658. The number of aryl methyl sites for hydroxylation is 2. The molecule has 7 heteroatoms. The Labute approximate surface area is 179 Å². The third-order valence-electron chi connectivity index (χ3n) is 5.71. The quantitative estimate of drug-likeness (QED) is 0.700. The summed E-state index contributed by atoms with van der Waals surface area (Å²) in [7, 11) is 0. The Kier molecular flexibility index (Phi) is 9.25. The van der Waals surface area contributed by atoms with Gasteiger partial charge in [-0.3, -0.25) is 9.59 Å². The summed E-state index contributed by atoms with van der Waals surface area (Å²) in [6.45, 7) is 7.53. The Morgan fingerprint density at radius 2 is 2.11 bits per heavy atom. The molecule has 1 aromatic rings. The minimum absolute atomic E-state index is 0. The summed E-state index contributed by atoms with van der Waals surface area (Å²) in [5.41, 5.74) is 1.33. The van der Waals surface area contributed by atoms with Gasteiger partial charge in [-0.2, -0.15) is 0 Å². The lowest BCUT2D eigenvalue weighted by molar-refractivity contribution is -0.123. The van der Waals surface area contributed by atoms with Crippen LogP contribution in [0.1, 0.15) is 66.1 Å². The lowest BCUT2D eigenvalue weighted by Crippen LogP contribution is -2.46. The fourth-order valence-corrected chi connectivity index (χ4v) is 5.48. The van der Waals surface area contributed by atoms with Gasteiger partial charge in [-0.1, -0.05) is 20.3 Å². The van der Waals surface area contributed by atoms with Crippen LogP contribution >= 0.6 is 23.7 Å². The summed E-state index contributed by atoms with van der Waals surface area (Å²) in [6, 6.07) is 2.08. The van der Waals surface area contributed by atoms with Crippen molar-refractivity contribution in [3.63, 3.8) is 0 Å². The van der Waals surface area contributed by atoms with E-state index in [1.807, 2.05) is 4.90 Å². The van der Waals surface area contributed by atoms with Gasteiger partial charge in [0.15, 0.2) is 0 Å². The minimum atomic E-state index is -0.0260. The van der Waals surface area contributed by atoms with Crippen molar-refractivity contribution in [1.29, 1.82) is 0 Å². The second-order valence-electron chi connectivity index (χ2n) is 7.82. The Balaban J connectivity index is 0.00000280. The standard InChI is InChI=1S/C21H33N3O2S.ClH/c1-3-7-18-16(4-2)12-19(27-18)21(26)24-11-6-8-15(14-24)13-23-20(25)17-9-5-10-22-17;/h12,15,17,22H,3-11,13-14H2,1-2H3,(H,23,25);1H. The maximum absolute atomic E-state index is 13.0. The molecule has 0 aliphatic carbocycles. The number of thiophene rings is 1. The molecule has 28 heavy (non-hydrogen) atoms. The van der Waals surface area contributed by atoms with Gasteiger partial charge in [0.1, 0.15) is 0 Å². The molecule has 0 aromatic carbocycles. The van der Waals surface area contributed by atoms with E-state index in [0.717, 1.165) is 69.5 Å². The number of hydrogen-bond donors (Lipinski definition) is 2. The first-order chi connectivity index (χ1) is 13.1. The van der Waals surface area contributed by atoms with Crippen LogP contribution in [0.15, 0.2) is 6.07 Å². The van der Waals surface area contributed by atoms with Crippen molar-refractivity contribution in [2.45, 2.75) is 64.8 Å². The zero-order valence-electron chi connectivity index (χ0n) is 17.1. The molecule has 2 unspecified atom stereocenters. The second-order valence-corrected chi connectivity index (χ2v) is 8.95. The van der Waals surface area contributed by atoms with E-state index in [9.17, 15) is 9.59 Å². The molecule has 0 spiro atoms. The van der Waals surface area contributed by atoms with Gasteiger partial charge in [-0.05, 0) is 62.6 Å². The highest BCUT2D eigenvalue weighted by Crippen LogP contribution is 2.27. The molecule has 0 saturated carbocycles. The van der Waals surface area contributed by atoms with Crippen molar-refractivity contribution < 1.29 is 9.59 Å². The normalized spacial score (nSPS) is 22.0. The van der Waals surface area contributed by atoms with E-state index in [2.05, 4.69) is 30.5 Å². The average molecular weight is 428 g/mol. The van der Waals surface area contributed by atoms with Crippen LogP contribution in [-0.2, 0) is 17.6 Å². The maximum Gasteiger partial charge on any atom is 0.263 e. The molecule has 2 N–H and O–H groups in total. The summed E-state index contributed by atoms with van der Waals surface area (Å²) in [5.74, 6) is 0.644. The predicted molar refractivity (Wildman–Crippen MR) is 118 cm³/mol. The van der Waals surface area contributed by atoms with Gasteiger partial charge < -0.3 is 15.5 Å². The number of carbonyl (C=O) groups excluding carboxylic acids is 2. The molecule has 2 aliphatic heterocycles. The number of rotatable bonds is 7. The number of piperidine rings is 1. The molecule has 3 rings (SSSR count). The monoisotopic (exact) mass is 427 g/mol. The van der Waals surface area contributed by atoms with Crippen LogP contribution in [0.5, 0.6) is 0 Å². The Hall–Kier alpha value is -1.11. The van der Waals surface area contributed by atoms with Gasteiger partial charge in [0.05, 0.1) is 10.9 Å². The Morgan fingerprint density at radius 3 is 2.79 bits per heavy atom. The highest BCUT2D eigenvalue weighted by Gasteiger charge is 2.28. The molecule has 2 aliphatic rings. The van der Waals surface area contributed by atoms with Gasteiger partial charge in [0, 0.05) is 24.5 Å². The maximum atomic E-state index is 13.0. The molecule has 0 radical (unpaired) electrons. The van der Waals surface area contributed by atoms with Crippen molar-refractivity contribution >= 4 is 35.6 Å². The van der Waals surface area contributed by atoms with E-state index in [0.29, 0.717) is 12.5 Å². The van der Waals surface area contributed by atoms with Crippen molar-refractivity contribution in [2.75, 3.05) is 26.2 Å². The van der Waals surface area contributed by atoms with Crippen molar-refractivity contribution in [3.05, 3.63) is 21.4 Å². The molecule has 2 amide bonds. The summed E-state index contributed by atoms with van der Waals surface area (Å²) >= 11 is 1.68. The van der Waals surface area contributed by atoms with Gasteiger partial charge in [0.2, 0.25) is 5.91 Å². The highest BCUT2D eigenvalue weighted by molar-refractivity contribution is 7.14. The summed E-state index contributed by atoms with van der Waals surface area (Å²) in [4.78, 5) is 29.5. The van der Waals surface area contributed by atoms with Crippen LogP contribution in [0.3, 0.4) is 0 Å². The smallest absolute Gasteiger partial charge is 0.263 e. The Morgan fingerprint density at radius 1 is 1.29 bits per heavy atom. The van der Waals surface area contributed by atoms with Gasteiger partial charge in [-0.25, -0.2) is 0 Å². The lowest BCUT2D eigenvalue weighted by Gasteiger charge is -2.32. The van der Waals surface area contributed by atoms with Crippen LogP contribution in [-0.4, -0.2) is 48.9 Å². The van der Waals surface area contributed by atoms with E-state index in [1.165, 1.54) is 10.4 Å². The number of amides is 2. The number of likely N-dealkylation sites (tertiary alicyclic amines) is 1. The first-order valence-electron chi connectivity index (χ1n) is 10.5. The van der Waals surface area contributed by atoms with Crippen molar-refractivity contribution in [3.8, 4) is 0 Å². The predicted octanol–water partition coefficient (Wildman–Crippen LogP) is 3.41. The molecule has 158 valence electrons. The second kappa shape index (κ2) is 11.2. The van der Waals surface area contributed by atoms with E-state index in [4.69, 9.17) is 0 Å². The summed E-state index contributed by atoms with van der Waals surface area (Å²) in [5, 5.41) is 6.34. The SMILES string of the molecule is CCCc1sc(C(=O)N2CCCC(CNC(=O)C3CCCN3)C2)cc1CC.Cl. The highest BCUT2D eigenvalue weighted by atomic mass is 35.5. The van der Waals surface area contributed by atoms with Crippen LogP contribution in [0.2, 0.25) is 0 Å². The lowest BCUT2D eigenvalue weighted by atomic mass is 9.97. The first kappa shape index (κ1) is 23.2. The zero-order valence-corrected chi connectivity index (χ0v) is 18.7. The number of nitrogens with one attached hydrogen (secondary N) is 2. The van der Waals surface area contributed by atoms with E-state index in [1.54, 1.807) is 11.3 Å². The molecule has 2 atom stereocenters. The van der Waals surface area contributed by atoms with Crippen LogP contribution in [0.4, 0.5) is 0 Å². The average Bonchev–Trinajstić information content (AvgIpc) is 3.36. The molecular formula is C21H34ClN3O2S. The van der Waals surface area contributed by atoms with E-state index >= 15 is 0 Å². The summed E-state index contributed by atoms with van der Waals surface area (Å²) < 4.78 is 0. The topological polar surface area (TPSA) is 61.4 Å². The van der Waals surface area contributed by atoms with Gasteiger partial charge in [0.25, 0.3) is 5.91 Å². The van der Waals surface area contributed by atoms with Crippen LogP contribution in [0, 0.1) is 5.92 Å². The molecule has 2 saturated heterocycles. The third kappa shape index (κ3) is 5.71. The molecular weight excluding hydrogens is 394 g/mol. The number of carbonyl (C=O) groups is 2.